The predicted molar refractivity (Wildman–Crippen MR) is 92.2 cm³/mol. The minimum absolute atomic E-state index is 0.0193. The molecule has 0 aromatic heterocycles. The number of amides is 1. The Kier molecular flexibility index (Phi) is 4.48. The first kappa shape index (κ1) is 16.9. The van der Waals surface area contributed by atoms with Gasteiger partial charge in [0.1, 0.15) is 5.75 Å². The molecule has 1 aromatic rings. The van der Waals surface area contributed by atoms with E-state index in [0.717, 1.165) is 42.5 Å². The summed E-state index contributed by atoms with van der Waals surface area (Å²) in [6.45, 7) is 2.51. The lowest BCUT2D eigenvalue weighted by Crippen LogP contribution is -2.54. The van der Waals surface area contributed by atoms with Crippen LogP contribution in [0.2, 0.25) is 0 Å². The van der Waals surface area contributed by atoms with Gasteiger partial charge in [-0.2, -0.15) is 0 Å². The van der Waals surface area contributed by atoms with Crippen LogP contribution in [0, 0.1) is 6.92 Å². The largest absolute Gasteiger partial charge is 0.492 e. The average Bonchev–Trinajstić information content (AvgIpc) is 3.30. The van der Waals surface area contributed by atoms with Crippen LogP contribution in [-0.4, -0.2) is 59.3 Å². The molecular formula is C18H24BNO5. The molecule has 3 aliphatic heterocycles. The molecule has 6 nitrogen and oxygen atoms in total. The van der Waals surface area contributed by atoms with Crippen LogP contribution in [0.15, 0.2) is 18.2 Å². The molecule has 25 heavy (non-hydrogen) atoms. The first-order valence-corrected chi connectivity index (χ1v) is 9.05. The van der Waals surface area contributed by atoms with Crippen molar-refractivity contribution in [2.45, 2.75) is 62.7 Å². The average molecular weight is 345 g/mol. The number of hydrogen-bond acceptors (Lipinski definition) is 5. The molecule has 4 rings (SSSR count). The van der Waals surface area contributed by atoms with Gasteiger partial charge >= 0.3 is 7.12 Å². The van der Waals surface area contributed by atoms with Crippen LogP contribution in [0.4, 0.5) is 0 Å². The minimum Gasteiger partial charge on any atom is -0.492 e. The van der Waals surface area contributed by atoms with E-state index < -0.39 is 13.1 Å². The summed E-state index contributed by atoms with van der Waals surface area (Å²) in [7, 11) is -1.59. The molecule has 1 amide bonds. The molecule has 2 fully saturated rings. The van der Waals surface area contributed by atoms with E-state index >= 15 is 0 Å². The van der Waals surface area contributed by atoms with Crippen LogP contribution in [0.5, 0.6) is 5.75 Å². The molecule has 0 spiro atoms. The topological polar surface area (TPSA) is 79.2 Å². The van der Waals surface area contributed by atoms with Gasteiger partial charge in [-0.05, 0) is 38.2 Å². The molecule has 1 aromatic carbocycles. The number of aryl methyl sites for hydroxylation is 1. The molecule has 0 saturated carbocycles. The van der Waals surface area contributed by atoms with Crippen molar-refractivity contribution in [3.63, 3.8) is 0 Å². The van der Waals surface area contributed by atoms with Crippen molar-refractivity contribution in [3.05, 3.63) is 29.3 Å². The van der Waals surface area contributed by atoms with E-state index in [2.05, 4.69) is 0 Å². The molecule has 5 atom stereocenters. The second-order valence-electron chi connectivity index (χ2n) is 7.45. The Morgan fingerprint density at radius 1 is 1.40 bits per heavy atom. The summed E-state index contributed by atoms with van der Waals surface area (Å²) >= 11 is 0. The number of nitrogens with zero attached hydrogens (tertiary/aromatic N) is 1. The predicted octanol–water partition coefficient (Wildman–Crippen LogP) is 1.02. The number of ether oxygens (including phenoxy) is 2. The zero-order chi connectivity index (χ0) is 17.6. The summed E-state index contributed by atoms with van der Waals surface area (Å²) in [6.07, 6.45) is 4.18. The smallest absolute Gasteiger partial charge is 0.475 e. The normalized spacial score (nSPS) is 30.7. The molecule has 2 N–H and O–H groups in total. The van der Waals surface area contributed by atoms with Gasteiger partial charge in [0, 0.05) is 11.5 Å². The SMILES string of the molecule is Cc1cccc2c1OC[C@H]2C[C@@H](B(O)O)N(C=O)C1C[C@H]2CC[C@@H]1O2. The van der Waals surface area contributed by atoms with Crippen molar-refractivity contribution in [1.29, 1.82) is 0 Å². The number of rotatable bonds is 6. The standard InChI is InChI=1S/C18H24BNO5/c1-11-3-2-4-14-12(9-24-18(11)14)7-17(19(22)23)20(10-21)15-8-13-5-6-16(15)25-13/h2-4,10,12-13,15-17,22-23H,5-9H2,1H3/t12-,13-,15?,16+,17+/m1/s1. The van der Waals surface area contributed by atoms with Gasteiger partial charge in [0.15, 0.2) is 0 Å². The van der Waals surface area contributed by atoms with Gasteiger partial charge in [0.2, 0.25) is 6.41 Å². The van der Waals surface area contributed by atoms with E-state index in [4.69, 9.17) is 9.47 Å². The lowest BCUT2D eigenvalue weighted by Gasteiger charge is -2.36. The van der Waals surface area contributed by atoms with Crippen LogP contribution in [0.3, 0.4) is 0 Å². The number of carbonyl (C=O) groups is 1. The third kappa shape index (κ3) is 2.94. The maximum atomic E-state index is 11.8. The fourth-order valence-electron chi connectivity index (χ4n) is 4.68. The second-order valence-corrected chi connectivity index (χ2v) is 7.45. The van der Waals surface area contributed by atoms with Crippen LogP contribution >= 0.6 is 0 Å². The number of hydrogen-bond donors (Lipinski definition) is 2. The summed E-state index contributed by atoms with van der Waals surface area (Å²) in [6, 6.07) is 5.94. The van der Waals surface area contributed by atoms with Crippen molar-refractivity contribution >= 4 is 13.5 Å². The van der Waals surface area contributed by atoms with Gasteiger partial charge in [0.25, 0.3) is 0 Å². The zero-order valence-electron chi connectivity index (χ0n) is 14.4. The van der Waals surface area contributed by atoms with E-state index in [0.29, 0.717) is 13.0 Å². The molecule has 3 aliphatic rings. The summed E-state index contributed by atoms with van der Waals surface area (Å²) in [5.74, 6) is 0.272. The van der Waals surface area contributed by atoms with Crippen molar-refractivity contribution in [1.82, 2.24) is 4.90 Å². The highest BCUT2D eigenvalue weighted by molar-refractivity contribution is 6.43. The fourth-order valence-corrected chi connectivity index (χ4v) is 4.68. The van der Waals surface area contributed by atoms with Crippen LogP contribution in [0.25, 0.3) is 0 Å². The number of carbonyl (C=O) groups excluding carboxylic acids is 1. The summed E-state index contributed by atoms with van der Waals surface area (Å²) in [5, 5.41) is 20.0. The third-order valence-electron chi connectivity index (χ3n) is 5.94. The van der Waals surface area contributed by atoms with Crippen LogP contribution in [0.1, 0.15) is 42.7 Å². The van der Waals surface area contributed by atoms with Crippen molar-refractivity contribution in [3.8, 4) is 5.75 Å². The highest BCUT2D eigenvalue weighted by Gasteiger charge is 2.47. The van der Waals surface area contributed by atoms with E-state index in [-0.39, 0.29) is 24.2 Å². The molecule has 1 unspecified atom stereocenters. The highest BCUT2D eigenvalue weighted by Crippen LogP contribution is 2.41. The van der Waals surface area contributed by atoms with Gasteiger partial charge in [0.05, 0.1) is 30.8 Å². The maximum absolute atomic E-state index is 11.8. The lowest BCUT2D eigenvalue weighted by atomic mass is 9.71. The fraction of sp³-hybridized carbons (Fsp3) is 0.611. The van der Waals surface area contributed by atoms with Gasteiger partial charge in [-0.3, -0.25) is 4.79 Å². The number of benzene rings is 1. The van der Waals surface area contributed by atoms with Crippen LogP contribution in [-0.2, 0) is 9.53 Å². The Hall–Kier alpha value is -1.57. The molecule has 7 heteroatoms. The number of para-hydroxylation sites is 1. The van der Waals surface area contributed by atoms with Crippen molar-refractivity contribution in [2.75, 3.05) is 6.61 Å². The monoisotopic (exact) mass is 345 g/mol. The van der Waals surface area contributed by atoms with Gasteiger partial charge in [-0.25, -0.2) is 0 Å². The minimum atomic E-state index is -1.59. The highest BCUT2D eigenvalue weighted by atomic mass is 16.5. The molecule has 2 bridgehead atoms. The van der Waals surface area contributed by atoms with Crippen molar-refractivity contribution in [2.24, 2.45) is 0 Å². The molecule has 134 valence electrons. The Morgan fingerprint density at radius 2 is 2.24 bits per heavy atom. The Morgan fingerprint density at radius 3 is 2.88 bits per heavy atom. The third-order valence-corrected chi connectivity index (χ3v) is 5.94. The zero-order valence-corrected chi connectivity index (χ0v) is 14.4. The Labute approximate surface area is 147 Å². The lowest BCUT2D eigenvalue weighted by molar-refractivity contribution is -0.123. The molecule has 3 heterocycles. The van der Waals surface area contributed by atoms with Gasteiger partial charge in [-0.1, -0.05) is 18.2 Å². The first-order chi connectivity index (χ1) is 12.1. The second kappa shape index (κ2) is 6.63. The summed E-state index contributed by atoms with van der Waals surface area (Å²) in [5.41, 5.74) is 2.16. The van der Waals surface area contributed by atoms with E-state index in [9.17, 15) is 14.8 Å². The maximum Gasteiger partial charge on any atom is 0.475 e. The summed E-state index contributed by atoms with van der Waals surface area (Å²) in [4.78, 5) is 13.4. The quantitative estimate of drug-likeness (QED) is 0.595. The summed E-state index contributed by atoms with van der Waals surface area (Å²) < 4.78 is 11.7. The van der Waals surface area contributed by atoms with Crippen molar-refractivity contribution < 1.29 is 24.3 Å². The van der Waals surface area contributed by atoms with E-state index in [1.54, 1.807) is 4.90 Å². The van der Waals surface area contributed by atoms with E-state index in [1.807, 2.05) is 25.1 Å². The molecule has 0 radical (unpaired) electrons. The van der Waals surface area contributed by atoms with Gasteiger partial charge in [-0.15, -0.1) is 0 Å². The molecular weight excluding hydrogens is 321 g/mol. The molecule has 0 aliphatic carbocycles. The molecule has 2 saturated heterocycles. The van der Waals surface area contributed by atoms with E-state index in [1.165, 1.54) is 0 Å². The number of fused-ring (bicyclic) bond motifs is 3. The van der Waals surface area contributed by atoms with Crippen LogP contribution < -0.4 is 4.74 Å². The Bertz CT molecular complexity index is 654. The Balaban J connectivity index is 1.54. The first-order valence-electron chi connectivity index (χ1n) is 9.05. The van der Waals surface area contributed by atoms with Gasteiger partial charge < -0.3 is 24.4 Å².